The molecule has 0 bridgehead atoms. The van der Waals surface area contributed by atoms with Crippen molar-refractivity contribution in [1.82, 2.24) is 0 Å². The summed E-state index contributed by atoms with van der Waals surface area (Å²) in [4.78, 5) is 11.0. The number of carbonyl (C=O) groups is 1. The van der Waals surface area contributed by atoms with Crippen LogP contribution in [0.4, 0.5) is 0 Å². The Kier molecular flexibility index (Phi) is 4.14. The SMILES string of the molecule is CC(C)=CC[C@@H](O)[C@@H]1CCCC(=O)O1. The Labute approximate surface area is 84.8 Å². The minimum absolute atomic E-state index is 0.183. The van der Waals surface area contributed by atoms with E-state index in [-0.39, 0.29) is 12.1 Å². The highest BCUT2D eigenvalue weighted by molar-refractivity contribution is 5.70. The lowest BCUT2D eigenvalue weighted by Gasteiger charge is -2.26. The molecule has 1 aliphatic heterocycles. The number of aliphatic hydroxyl groups excluding tert-OH is 1. The van der Waals surface area contributed by atoms with Gasteiger partial charge in [-0.15, -0.1) is 0 Å². The summed E-state index contributed by atoms with van der Waals surface area (Å²) in [6.07, 6.45) is 3.79. The Morgan fingerprint density at radius 1 is 1.71 bits per heavy atom. The third kappa shape index (κ3) is 3.50. The van der Waals surface area contributed by atoms with E-state index in [1.807, 2.05) is 19.9 Å². The van der Waals surface area contributed by atoms with Gasteiger partial charge in [0.05, 0.1) is 6.10 Å². The Balaban J connectivity index is 2.39. The van der Waals surface area contributed by atoms with Crippen LogP contribution in [0.25, 0.3) is 0 Å². The van der Waals surface area contributed by atoms with E-state index in [1.54, 1.807) is 0 Å². The first-order valence-electron chi connectivity index (χ1n) is 5.10. The van der Waals surface area contributed by atoms with Gasteiger partial charge in [0, 0.05) is 6.42 Å². The van der Waals surface area contributed by atoms with Crippen LogP contribution in [0, 0.1) is 0 Å². The van der Waals surface area contributed by atoms with Crippen molar-refractivity contribution >= 4 is 5.97 Å². The molecule has 1 fully saturated rings. The maximum atomic E-state index is 11.0. The van der Waals surface area contributed by atoms with Crippen LogP contribution in [0.5, 0.6) is 0 Å². The minimum Gasteiger partial charge on any atom is -0.460 e. The molecule has 1 N–H and O–H groups in total. The lowest BCUT2D eigenvalue weighted by atomic mass is 10.0. The van der Waals surface area contributed by atoms with E-state index in [0.29, 0.717) is 12.8 Å². The highest BCUT2D eigenvalue weighted by atomic mass is 16.6. The van der Waals surface area contributed by atoms with Crippen molar-refractivity contribution in [2.75, 3.05) is 0 Å². The average Bonchev–Trinajstić information content (AvgIpc) is 2.14. The van der Waals surface area contributed by atoms with Crippen molar-refractivity contribution in [1.29, 1.82) is 0 Å². The normalized spacial score (nSPS) is 23.9. The van der Waals surface area contributed by atoms with E-state index in [0.717, 1.165) is 12.8 Å². The van der Waals surface area contributed by atoms with Crippen LogP contribution in [-0.4, -0.2) is 23.3 Å². The second-order valence-electron chi connectivity index (χ2n) is 4.01. The van der Waals surface area contributed by atoms with Crippen molar-refractivity contribution in [3.63, 3.8) is 0 Å². The van der Waals surface area contributed by atoms with Gasteiger partial charge in [0.15, 0.2) is 0 Å². The molecule has 3 nitrogen and oxygen atoms in total. The summed E-state index contributed by atoms with van der Waals surface area (Å²) in [5.41, 5.74) is 1.17. The summed E-state index contributed by atoms with van der Waals surface area (Å²) in [5, 5.41) is 9.72. The smallest absolute Gasteiger partial charge is 0.306 e. The molecule has 0 amide bonds. The van der Waals surface area contributed by atoms with Crippen LogP contribution < -0.4 is 0 Å². The predicted molar refractivity (Wildman–Crippen MR) is 53.8 cm³/mol. The highest BCUT2D eigenvalue weighted by Crippen LogP contribution is 2.19. The number of hydrogen-bond donors (Lipinski definition) is 1. The summed E-state index contributed by atoms with van der Waals surface area (Å²) in [5.74, 6) is -0.183. The van der Waals surface area contributed by atoms with Crippen molar-refractivity contribution in [3.8, 4) is 0 Å². The topological polar surface area (TPSA) is 46.5 Å². The maximum absolute atomic E-state index is 11.0. The summed E-state index contributed by atoms with van der Waals surface area (Å²) in [7, 11) is 0. The zero-order valence-electron chi connectivity index (χ0n) is 8.82. The second kappa shape index (κ2) is 5.15. The van der Waals surface area contributed by atoms with Crippen LogP contribution in [-0.2, 0) is 9.53 Å². The number of aliphatic hydroxyl groups is 1. The number of allylic oxidation sites excluding steroid dienone is 1. The average molecular weight is 198 g/mol. The first-order valence-corrected chi connectivity index (χ1v) is 5.10. The summed E-state index contributed by atoms with van der Waals surface area (Å²) < 4.78 is 5.06. The Bertz CT molecular complexity index is 229. The number of esters is 1. The monoisotopic (exact) mass is 198 g/mol. The van der Waals surface area contributed by atoms with E-state index in [2.05, 4.69) is 0 Å². The van der Waals surface area contributed by atoms with Gasteiger partial charge in [0.25, 0.3) is 0 Å². The van der Waals surface area contributed by atoms with Crippen LogP contribution in [0.1, 0.15) is 39.5 Å². The number of ether oxygens (including phenoxy) is 1. The number of rotatable bonds is 3. The maximum Gasteiger partial charge on any atom is 0.306 e. The lowest BCUT2D eigenvalue weighted by molar-refractivity contribution is -0.160. The van der Waals surface area contributed by atoms with Gasteiger partial charge in [-0.1, -0.05) is 11.6 Å². The van der Waals surface area contributed by atoms with Gasteiger partial charge in [0.1, 0.15) is 6.10 Å². The molecule has 0 radical (unpaired) electrons. The van der Waals surface area contributed by atoms with Crippen molar-refractivity contribution in [2.45, 2.75) is 51.7 Å². The van der Waals surface area contributed by atoms with Gasteiger partial charge >= 0.3 is 5.97 Å². The molecule has 0 saturated carbocycles. The molecular weight excluding hydrogens is 180 g/mol. The molecule has 80 valence electrons. The number of cyclic esters (lactones) is 1. The molecule has 0 spiro atoms. The summed E-state index contributed by atoms with van der Waals surface area (Å²) in [6.45, 7) is 3.97. The zero-order valence-corrected chi connectivity index (χ0v) is 8.82. The fourth-order valence-electron chi connectivity index (χ4n) is 1.51. The lowest BCUT2D eigenvalue weighted by Crippen LogP contribution is -2.34. The van der Waals surface area contributed by atoms with Crippen molar-refractivity contribution in [3.05, 3.63) is 11.6 Å². The van der Waals surface area contributed by atoms with E-state index >= 15 is 0 Å². The predicted octanol–water partition coefficient (Wildman–Crippen LogP) is 1.80. The van der Waals surface area contributed by atoms with Crippen LogP contribution in [0.2, 0.25) is 0 Å². The van der Waals surface area contributed by atoms with Gasteiger partial charge in [-0.05, 0) is 33.1 Å². The standard InChI is InChI=1S/C11H18O3/c1-8(2)6-7-9(12)10-4-3-5-11(13)14-10/h6,9-10,12H,3-5,7H2,1-2H3/t9-,10+/m1/s1. The second-order valence-corrected chi connectivity index (χ2v) is 4.01. The fourth-order valence-corrected chi connectivity index (χ4v) is 1.51. The molecule has 1 heterocycles. The minimum atomic E-state index is -0.547. The molecule has 0 unspecified atom stereocenters. The van der Waals surface area contributed by atoms with Crippen molar-refractivity contribution in [2.24, 2.45) is 0 Å². The van der Waals surface area contributed by atoms with Crippen LogP contribution in [0.3, 0.4) is 0 Å². The molecule has 0 aromatic rings. The number of carbonyl (C=O) groups excluding carboxylic acids is 1. The quantitative estimate of drug-likeness (QED) is 0.555. The first-order chi connectivity index (χ1) is 6.59. The third-order valence-corrected chi connectivity index (χ3v) is 2.35. The Hall–Kier alpha value is -0.830. The molecule has 1 aliphatic rings. The summed E-state index contributed by atoms with van der Waals surface area (Å²) >= 11 is 0. The molecule has 1 saturated heterocycles. The fraction of sp³-hybridized carbons (Fsp3) is 0.727. The summed E-state index contributed by atoms with van der Waals surface area (Å²) in [6, 6.07) is 0. The van der Waals surface area contributed by atoms with Crippen LogP contribution in [0.15, 0.2) is 11.6 Å². The van der Waals surface area contributed by atoms with Gasteiger partial charge in [-0.3, -0.25) is 4.79 Å². The molecule has 14 heavy (non-hydrogen) atoms. The van der Waals surface area contributed by atoms with Gasteiger partial charge in [0.2, 0.25) is 0 Å². The van der Waals surface area contributed by atoms with E-state index in [9.17, 15) is 9.90 Å². The molecule has 1 rings (SSSR count). The Morgan fingerprint density at radius 3 is 3.00 bits per heavy atom. The van der Waals surface area contributed by atoms with Gasteiger partial charge in [-0.25, -0.2) is 0 Å². The zero-order chi connectivity index (χ0) is 10.6. The van der Waals surface area contributed by atoms with E-state index < -0.39 is 6.10 Å². The largest absolute Gasteiger partial charge is 0.460 e. The van der Waals surface area contributed by atoms with Gasteiger partial charge in [-0.2, -0.15) is 0 Å². The van der Waals surface area contributed by atoms with E-state index in [4.69, 9.17) is 4.74 Å². The van der Waals surface area contributed by atoms with Crippen LogP contribution >= 0.6 is 0 Å². The van der Waals surface area contributed by atoms with Gasteiger partial charge < -0.3 is 9.84 Å². The molecule has 0 aromatic heterocycles. The van der Waals surface area contributed by atoms with Crippen molar-refractivity contribution < 1.29 is 14.6 Å². The third-order valence-electron chi connectivity index (χ3n) is 2.35. The molecule has 0 aliphatic carbocycles. The first kappa shape index (κ1) is 11.2. The molecule has 3 heteroatoms. The highest BCUT2D eigenvalue weighted by Gasteiger charge is 2.26. The Morgan fingerprint density at radius 2 is 2.43 bits per heavy atom. The number of hydrogen-bond acceptors (Lipinski definition) is 3. The molecule has 2 atom stereocenters. The molecular formula is C11H18O3. The van der Waals surface area contributed by atoms with E-state index in [1.165, 1.54) is 5.57 Å². The molecule has 0 aromatic carbocycles.